The van der Waals surface area contributed by atoms with Gasteiger partial charge in [0.05, 0.1) is 11.6 Å². The van der Waals surface area contributed by atoms with Crippen molar-refractivity contribution in [1.29, 1.82) is 0 Å². The van der Waals surface area contributed by atoms with E-state index in [-0.39, 0.29) is 23.5 Å². The minimum Gasteiger partial charge on any atom is -0.503 e. The number of aliphatic hydroxyl groups excluding tert-OH is 1. The molecule has 0 bridgehead atoms. The Morgan fingerprint density at radius 1 is 1.33 bits per heavy atom. The van der Waals surface area contributed by atoms with Crippen LogP contribution in [0.4, 0.5) is 4.39 Å². The normalized spacial score (nSPS) is 18.2. The van der Waals surface area contributed by atoms with E-state index < -0.39 is 29.4 Å². The van der Waals surface area contributed by atoms with Gasteiger partial charge in [-0.05, 0) is 20.2 Å². The van der Waals surface area contributed by atoms with Gasteiger partial charge in [0.15, 0.2) is 11.5 Å². The molecule has 1 N–H and O–H groups in total. The Kier molecular flexibility index (Phi) is 5.39. The van der Waals surface area contributed by atoms with E-state index in [1.807, 2.05) is 19.0 Å². The fraction of sp³-hybridized carbons (Fsp3) is 0.444. The summed E-state index contributed by atoms with van der Waals surface area (Å²) in [4.78, 5) is 28.3. The lowest BCUT2D eigenvalue weighted by Crippen LogP contribution is -2.37. The number of carbonyl (C=O) groups excluding carboxylic acids is 2. The molecule has 1 aliphatic rings. The Morgan fingerprint density at radius 2 is 1.96 bits per heavy atom. The van der Waals surface area contributed by atoms with Crippen molar-refractivity contribution in [2.45, 2.75) is 19.9 Å². The van der Waals surface area contributed by atoms with Crippen molar-refractivity contribution in [2.75, 3.05) is 27.2 Å². The molecule has 0 saturated carbocycles. The predicted octanol–water partition coefficient (Wildman–Crippen LogP) is 2.31. The molecule has 24 heavy (non-hydrogen) atoms. The molecule has 1 unspecified atom stereocenters. The molecule has 6 heteroatoms. The number of Topliss-reactive ketones (excluding diaryl/α,β-unsaturated/α-hetero) is 1. The van der Waals surface area contributed by atoms with Crippen molar-refractivity contribution in [2.24, 2.45) is 5.92 Å². The van der Waals surface area contributed by atoms with Gasteiger partial charge < -0.3 is 14.9 Å². The summed E-state index contributed by atoms with van der Waals surface area (Å²) in [7, 11) is 3.71. The summed E-state index contributed by atoms with van der Waals surface area (Å²) in [6, 6.07) is 5.14. The number of benzene rings is 1. The number of ketones is 1. The fourth-order valence-electron chi connectivity index (χ4n) is 2.77. The second-order valence-corrected chi connectivity index (χ2v) is 6.51. The van der Waals surface area contributed by atoms with Crippen molar-refractivity contribution in [1.82, 2.24) is 9.80 Å². The van der Waals surface area contributed by atoms with Gasteiger partial charge in [-0.15, -0.1) is 0 Å². The Balaban J connectivity index is 2.53. The standard InChI is InChI=1S/C18H23FN2O3/c1-11(2)16(22)14-15(12-7-5-6-8-13(12)19)21(10-9-20(3)4)18(24)17(14)23/h5-8,11,15,23H,9-10H2,1-4H3. The van der Waals surface area contributed by atoms with Gasteiger partial charge in [0.2, 0.25) is 0 Å². The average Bonchev–Trinajstić information content (AvgIpc) is 2.76. The second kappa shape index (κ2) is 7.13. The number of carbonyl (C=O) groups is 2. The van der Waals surface area contributed by atoms with E-state index in [4.69, 9.17) is 0 Å². The fourth-order valence-corrected chi connectivity index (χ4v) is 2.77. The molecule has 0 spiro atoms. The predicted molar refractivity (Wildman–Crippen MR) is 88.9 cm³/mol. The monoisotopic (exact) mass is 334 g/mol. The highest BCUT2D eigenvalue weighted by Crippen LogP contribution is 2.39. The number of nitrogens with zero attached hydrogens (tertiary/aromatic N) is 2. The van der Waals surface area contributed by atoms with Crippen LogP contribution in [-0.4, -0.2) is 53.8 Å². The van der Waals surface area contributed by atoms with Crippen LogP contribution >= 0.6 is 0 Å². The number of hydrogen-bond acceptors (Lipinski definition) is 4. The van der Waals surface area contributed by atoms with Crippen LogP contribution in [0.25, 0.3) is 0 Å². The second-order valence-electron chi connectivity index (χ2n) is 6.51. The molecule has 0 aromatic heterocycles. The number of rotatable bonds is 6. The van der Waals surface area contributed by atoms with Gasteiger partial charge >= 0.3 is 0 Å². The average molecular weight is 334 g/mol. The van der Waals surface area contributed by atoms with E-state index in [2.05, 4.69) is 0 Å². The Bertz CT molecular complexity index is 683. The molecule has 0 aliphatic carbocycles. The zero-order valence-electron chi connectivity index (χ0n) is 14.4. The van der Waals surface area contributed by atoms with Crippen LogP contribution in [0.1, 0.15) is 25.5 Å². The van der Waals surface area contributed by atoms with Gasteiger partial charge in [-0.2, -0.15) is 0 Å². The Morgan fingerprint density at radius 3 is 2.50 bits per heavy atom. The highest BCUT2D eigenvalue weighted by molar-refractivity contribution is 6.09. The lowest BCUT2D eigenvalue weighted by molar-refractivity contribution is -0.129. The number of aliphatic hydroxyl groups is 1. The molecule has 5 nitrogen and oxygen atoms in total. The summed E-state index contributed by atoms with van der Waals surface area (Å²) >= 11 is 0. The largest absolute Gasteiger partial charge is 0.503 e. The molecule has 0 saturated heterocycles. The van der Waals surface area contributed by atoms with E-state index in [9.17, 15) is 19.1 Å². The van der Waals surface area contributed by atoms with Crippen molar-refractivity contribution in [3.63, 3.8) is 0 Å². The van der Waals surface area contributed by atoms with Gasteiger partial charge in [-0.1, -0.05) is 32.0 Å². The molecule has 1 atom stereocenters. The summed E-state index contributed by atoms with van der Waals surface area (Å²) in [5, 5.41) is 10.3. The maximum Gasteiger partial charge on any atom is 0.290 e. The third-order valence-electron chi connectivity index (χ3n) is 4.08. The molecular weight excluding hydrogens is 311 g/mol. The first-order valence-corrected chi connectivity index (χ1v) is 7.93. The number of likely N-dealkylation sites (N-methyl/N-ethyl adjacent to an activating group) is 1. The van der Waals surface area contributed by atoms with Crippen LogP contribution in [0.3, 0.4) is 0 Å². The van der Waals surface area contributed by atoms with E-state index in [1.165, 1.54) is 11.0 Å². The molecule has 0 fully saturated rings. The van der Waals surface area contributed by atoms with E-state index in [0.717, 1.165) is 0 Å². The summed E-state index contributed by atoms with van der Waals surface area (Å²) in [6.07, 6.45) is 0. The summed E-state index contributed by atoms with van der Waals surface area (Å²) < 4.78 is 14.3. The molecule has 1 heterocycles. The van der Waals surface area contributed by atoms with Gasteiger partial charge in [0.1, 0.15) is 5.82 Å². The molecular formula is C18H23FN2O3. The van der Waals surface area contributed by atoms with E-state index >= 15 is 0 Å². The number of halogens is 1. The molecule has 0 radical (unpaired) electrons. The van der Waals surface area contributed by atoms with Crippen LogP contribution in [-0.2, 0) is 9.59 Å². The van der Waals surface area contributed by atoms with Crippen LogP contribution in [0, 0.1) is 11.7 Å². The molecule has 2 rings (SSSR count). The van der Waals surface area contributed by atoms with Crippen LogP contribution in [0.15, 0.2) is 35.6 Å². The van der Waals surface area contributed by atoms with Gasteiger partial charge in [-0.25, -0.2) is 4.39 Å². The zero-order valence-corrected chi connectivity index (χ0v) is 14.4. The molecule has 1 amide bonds. The zero-order chi connectivity index (χ0) is 18.0. The summed E-state index contributed by atoms with van der Waals surface area (Å²) in [5.41, 5.74) is 0.205. The van der Waals surface area contributed by atoms with Gasteiger partial charge in [0.25, 0.3) is 5.91 Å². The number of hydrogen-bond donors (Lipinski definition) is 1. The van der Waals surface area contributed by atoms with Crippen molar-refractivity contribution in [3.8, 4) is 0 Å². The maximum absolute atomic E-state index is 14.3. The smallest absolute Gasteiger partial charge is 0.290 e. The quantitative estimate of drug-likeness (QED) is 0.867. The third-order valence-corrected chi connectivity index (χ3v) is 4.08. The molecule has 1 aromatic carbocycles. The van der Waals surface area contributed by atoms with E-state index in [1.54, 1.807) is 32.0 Å². The lowest BCUT2D eigenvalue weighted by Gasteiger charge is -2.28. The Hall–Kier alpha value is -2.21. The first-order chi connectivity index (χ1) is 11.3. The maximum atomic E-state index is 14.3. The minimum atomic E-state index is -0.895. The topological polar surface area (TPSA) is 60.9 Å². The lowest BCUT2D eigenvalue weighted by atomic mass is 9.91. The van der Waals surface area contributed by atoms with Crippen molar-refractivity contribution >= 4 is 11.7 Å². The minimum absolute atomic E-state index is 0.0149. The van der Waals surface area contributed by atoms with Crippen LogP contribution in [0.5, 0.6) is 0 Å². The third kappa shape index (κ3) is 3.33. The summed E-state index contributed by atoms with van der Waals surface area (Å²) in [6.45, 7) is 4.19. The van der Waals surface area contributed by atoms with Crippen LogP contribution in [0.2, 0.25) is 0 Å². The summed E-state index contributed by atoms with van der Waals surface area (Å²) in [5.74, 6) is -2.46. The van der Waals surface area contributed by atoms with E-state index in [0.29, 0.717) is 6.54 Å². The molecule has 1 aromatic rings. The number of amides is 1. The highest BCUT2D eigenvalue weighted by atomic mass is 19.1. The van der Waals surface area contributed by atoms with Crippen LogP contribution < -0.4 is 0 Å². The van der Waals surface area contributed by atoms with Gasteiger partial charge in [-0.3, -0.25) is 9.59 Å². The highest BCUT2D eigenvalue weighted by Gasteiger charge is 2.44. The van der Waals surface area contributed by atoms with Crippen molar-refractivity contribution < 1.29 is 19.1 Å². The van der Waals surface area contributed by atoms with Gasteiger partial charge in [0, 0.05) is 24.6 Å². The SMILES string of the molecule is CC(C)C(=O)C1=C(O)C(=O)N(CCN(C)C)C1c1ccccc1F. The molecule has 1 aliphatic heterocycles. The Labute approximate surface area is 141 Å². The first kappa shape index (κ1) is 18.1. The molecule has 130 valence electrons. The first-order valence-electron chi connectivity index (χ1n) is 7.93. The van der Waals surface area contributed by atoms with Crippen molar-refractivity contribution in [3.05, 3.63) is 47.0 Å².